The largest absolute Gasteiger partial charge is 0.469 e. The number of nitriles is 1. The Morgan fingerprint density at radius 3 is 2.80 bits per heavy atom. The van der Waals surface area contributed by atoms with Crippen LogP contribution in [-0.4, -0.2) is 13.1 Å². The zero-order valence-corrected chi connectivity index (χ0v) is 9.47. The van der Waals surface area contributed by atoms with Gasteiger partial charge in [0.2, 0.25) is 0 Å². The third-order valence-electron chi connectivity index (χ3n) is 2.24. The summed E-state index contributed by atoms with van der Waals surface area (Å²) < 4.78 is 4.58. The van der Waals surface area contributed by atoms with Gasteiger partial charge in [-0.1, -0.05) is 0 Å². The molecule has 78 valence electrons. The molecule has 4 heteroatoms. The van der Waals surface area contributed by atoms with Crippen LogP contribution in [0, 0.1) is 18.3 Å². The Kier molecular flexibility index (Phi) is 3.75. The van der Waals surface area contributed by atoms with E-state index in [1.165, 1.54) is 7.11 Å². The second kappa shape index (κ2) is 4.85. The van der Waals surface area contributed by atoms with E-state index in [9.17, 15) is 4.79 Å². The third-order valence-corrected chi connectivity index (χ3v) is 2.72. The van der Waals surface area contributed by atoms with E-state index in [1.54, 1.807) is 12.1 Å². The third kappa shape index (κ3) is 2.51. The molecule has 0 unspecified atom stereocenters. The molecule has 1 rings (SSSR count). The summed E-state index contributed by atoms with van der Waals surface area (Å²) in [5, 5.41) is 8.89. The van der Waals surface area contributed by atoms with Crippen LogP contribution in [-0.2, 0) is 16.0 Å². The second-order valence-corrected chi connectivity index (χ2v) is 3.58. The monoisotopic (exact) mass is 221 g/mol. The molecule has 0 fully saturated rings. The molecule has 15 heavy (non-hydrogen) atoms. The van der Waals surface area contributed by atoms with E-state index >= 15 is 0 Å². The highest BCUT2D eigenvalue weighted by Crippen LogP contribution is 2.21. The fourth-order valence-electron chi connectivity index (χ4n) is 1.29. The molecular weight excluding hydrogens is 210 g/mol. The van der Waals surface area contributed by atoms with E-state index < -0.39 is 0 Å². The predicted octanol–water partition coefficient (Wildman–Crippen LogP) is 1.87. The number of benzene rings is 1. The van der Waals surface area contributed by atoms with Gasteiger partial charge in [0, 0.05) is 4.90 Å². The van der Waals surface area contributed by atoms with Crippen molar-refractivity contribution >= 4 is 18.6 Å². The van der Waals surface area contributed by atoms with Gasteiger partial charge in [0.1, 0.15) is 0 Å². The van der Waals surface area contributed by atoms with Gasteiger partial charge in [-0.2, -0.15) is 5.26 Å². The first-order valence-corrected chi connectivity index (χ1v) is 4.83. The van der Waals surface area contributed by atoms with Crippen molar-refractivity contribution in [3.63, 3.8) is 0 Å². The molecule has 0 saturated heterocycles. The molecule has 0 amide bonds. The second-order valence-electron chi connectivity index (χ2n) is 3.10. The Labute approximate surface area is 94.1 Å². The standard InChI is InChI=1S/C11H11NO2S/c1-7-9(5-11(13)14-2)8(6-12)3-4-10(7)15/h3-4,15H,5H2,1-2H3. The molecule has 0 bridgehead atoms. The van der Waals surface area contributed by atoms with E-state index in [0.29, 0.717) is 11.1 Å². The van der Waals surface area contributed by atoms with Crippen molar-refractivity contribution in [1.29, 1.82) is 5.26 Å². The van der Waals surface area contributed by atoms with Gasteiger partial charge in [0.05, 0.1) is 25.2 Å². The highest BCUT2D eigenvalue weighted by Gasteiger charge is 2.12. The molecule has 0 aliphatic heterocycles. The quantitative estimate of drug-likeness (QED) is 0.612. The summed E-state index contributed by atoms with van der Waals surface area (Å²) in [6.07, 6.45) is 0.111. The van der Waals surface area contributed by atoms with Crippen molar-refractivity contribution in [1.82, 2.24) is 0 Å². The molecule has 0 aliphatic carbocycles. The highest BCUT2D eigenvalue weighted by molar-refractivity contribution is 7.80. The van der Waals surface area contributed by atoms with E-state index in [1.807, 2.05) is 6.92 Å². The smallest absolute Gasteiger partial charge is 0.310 e. The number of hydrogen-bond acceptors (Lipinski definition) is 4. The van der Waals surface area contributed by atoms with Crippen molar-refractivity contribution < 1.29 is 9.53 Å². The van der Waals surface area contributed by atoms with Crippen molar-refractivity contribution in [3.05, 3.63) is 28.8 Å². The van der Waals surface area contributed by atoms with Crippen LogP contribution in [0.25, 0.3) is 0 Å². The minimum atomic E-state index is -0.353. The Hall–Kier alpha value is -1.47. The maximum Gasteiger partial charge on any atom is 0.310 e. The van der Waals surface area contributed by atoms with Gasteiger partial charge >= 0.3 is 5.97 Å². The summed E-state index contributed by atoms with van der Waals surface area (Å²) in [7, 11) is 1.33. The minimum absolute atomic E-state index is 0.111. The number of nitrogens with zero attached hydrogens (tertiary/aromatic N) is 1. The number of methoxy groups -OCH3 is 1. The average molecular weight is 221 g/mol. The van der Waals surface area contributed by atoms with Crippen molar-refractivity contribution in [2.24, 2.45) is 0 Å². The molecule has 0 aliphatic rings. The molecule has 0 spiro atoms. The van der Waals surface area contributed by atoms with Gasteiger partial charge in [-0.05, 0) is 30.2 Å². The van der Waals surface area contributed by atoms with Crippen LogP contribution in [0.4, 0.5) is 0 Å². The van der Waals surface area contributed by atoms with Crippen molar-refractivity contribution in [2.75, 3.05) is 7.11 Å². The number of carbonyl (C=O) groups excluding carboxylic acids is 1. The molecule has 0 atom stereocenters. The topological polar surface area (TPSA) is 50.1 Å². The van der Waals surface area contributed by atoms with E-state index in [-0.39, 0.29) is 12.4 Å². The molecular formula is C11H11NO2S. The molecule has 0 heterocycles. The number of hydrogen-bond donors (Lipinski definition) is 1. The fraction of sp³-hybridized carbons (Fsp3) is 0.273. The zero-order valence-electron chi connectivity index (χ0n) is 8.57. The molecule has 0 radical (unpaired) electrons. The van der Waals surface area contributed by atoms with Gasteiger partial charge in [0.15, 0.2) is 0 Å². The molecule has 1 aromatic rings. The van der Waals surface area contributed by atoms with Crippen molar-refractivity contribution in [2.45, 2.75) is 18.2 Å². The van der Waals surface area contributed by atoms with Gasteiger partial charge in [-0.3, -0.25) is 4.79 Å². The van der Waals surface area contributed by atoms with E-state index in [4.69, 9.17) is 5.26 Å². The Morgan fingerprint density at radius 1 is 1.60 bits per heavy atom. The Morgan fingerprint density at radius 2 is 2.27 bits per heavy atom. The van der Waals surface area contributed by atoms with Gasteiger partial charge < -0.3 is 4.74 Å². The Balaban J connectivity index is 3.19. The van der Waals surface area contributed by atoms with Crippen LogP contribution in [0.2, 0.25) is 0 Å². The normalized spacial score (nSPS) is 9.47. The number of thiol groups is 1. The van der Waals surface area contributed by atoms with Crippen LogP contribution in [0.3, 0.4) is 0 Å². The van der Waals surface area contributed by atoms with Gasteiger partial charge in [0.25, 0.3) is 0 Å². The average Bonchev–Trinajstić information content (AvgIpc) is 2.25. The summed E-state index contributed by atoms with van der Waals surface area (Å²) in [6.45, 7) is 1.83. The summed E-state index contributed by atoms with van der Waals surface area (Å²) in [5.74, 6) is -0.353. The number of carbonyl (C=O) groups is 1. The van der Waals surface area contributed by atoms with Crippen LogP contribution < -0.4 is 0 Å². The molecule has 0 N–H and O–H groups in total. The zero-order chi connectivity index (χ0) is 11.4. The first-order valence-electron chi connectivity index (χ1n) is 4.38. The summed E-state index contributed by atoms with van der Waals surface area (Å²) in [4.78, 5) is 11.9. The summed E-state index contributed by atoms with van der Waals surface area (Å²) >= 11 is 4.24. The summed E-state index contributed by atoms with van der Waals surface area (Å²) in [5.41, 5.74) is 2.04. The molecule has 0 saturated carbocycles. The number of rotatable bonds is 2. The maximum atomic E-state index is 11.2. The number of ether oxygens (including phenoxy) is 1. The highest BCUT2D eigenvalue weighted by atomic mass is 32.1. The van der Waals surface area contributed by atoms with Gasteiger partial charge in [-0.25, -0.2) is 0 Å². The molecule has 0 aromatic heterocycles. The van der Waals surface area contributed by atoms with Crippen LogP contribution in [0.15, 0.2) is 17.0 Å². The van der Waals surface area contributed by atoms with Gasteiger partial charge in [-0.15, -0.1) is 12.6 Å². The lowest BCUT2D eigenvalue weighted by Crippen LogP contribution is -2.08. The summed E-state index contributed by atoms with van der Waals surface area (Å²) in [6, 6.07) is 5.46. The SMILES string of the molecule is COC(=O)Cc1c(C#N)ccc(S)c1C. The van der Waals surface area contributed by atoms with Crippen LogP contribution in [0.1, 0.15) is 16.7 Å². The fourth-order valence-corrected chi connectivity index (χ4v) is 1.50. The number of esters is 1. The lowest BCUT2D eigenvalue weighted by atomic mass is 10.00. The maximum absolute atomic E-state index is 11.2. The molecule has 1 aromatic carbocycles. The van der Waals surface area contributed by atoms with E-state index in [0.717, 1.165) is 10.5 Å². The van der Waals surface area contributed by atoms with Crippen LogP contribution in [0.5, 0.6) is 0 Å². The minimum Gasteiger partial charge on any atom is -0.469 e. The van der Waals surface area contributed by atoms with Crippen LogP contribution >= 0.6 is 12.6 Å². The van der Waals surface area contributed by atoms with Crippen molar-refractivity contribution in [3.8, 4) is 6.07 Å². The molecule has 3 nitrogen and oxygen atoms in total. The lowest BCUT2D eigenvalue weighted by Gasteiger charge is -2.08. The first-order chi connectivity index (χ1) is 7.10. The lowest BCUT2D eigenvalue weighted by molar-refractivity contribution is -0.139. The Bertz CT molecular complexity index is 435. The van der Waals surface area contributed by atoms with E-state index in [2.05, 4.69) is 23.4 Å². The first kappa shape index (κ1) is 11.6. The predicted molar refractivity (Wildman–Crippen MR) is 58.9 cm³/mol.